The lowest BCUT2D eigenvalue weighted by atomic mass is 9.72. The van der Waals surface area contributed by atoms with Crippen molar-refractivity contribution in [1.82, 2.24) is 9.80 Å². The number of likely N-dealkylation sites (N-methyl/N-ethyl adjacent to an activating group) is 2. The van der Waals surface area contributed by atoms with E-state index < -0.39 is 0 Å². The van der Waals surface area contributed by atoms with Crippen LogP contribution in [0.1, 0.15) is 106 Å². The van der Waals surface area contributed by atoms with Crippen LogP contribution in [0.5, 0.6) is 11.5 Å². The first kappa shape index (κ1) is 39.1. The fourth-order valence-electron chi connectivity index (χ4n) is 6.81. The summed E-state index contributed by atoms with van der Waals surface area (Å²) >= 11 is 0. The standard InChI is InChI=1S/C40H68N2O3/c1-37(2,3)29-39(7,8)31-15-19-35(20-16-31)44-25-23-33(41(11)12)27-43-28-34(42(13)14)24-26-45-36-21-17-32(18-22-36)40(9,10)30-38(4,5)6/h15-22,33-34H,23-30H2,1-14H3. The van der Waals surface area contributed by atoms with Gasteiger partial charge in [0.05, 0.1) is 26.4 Å². The molecule has 2 aromatic carbocycles. The zero-order valence-corrected chi connectivity index (χ0v) is 31.5. The molecule has 0 heterocycles. The average Bonchev–Trinajstić information content (AvgIpc) is 2.89. The van der Waals surface area contributed by atoms with Crippen LogP contribution in [0.15, 0.2) is 48.5 Å². The van der Waals surface area contributed by atoms with Gasteiger partial charge in [0.1, 0.15) is 11.5 Å². The van der Waals surface area contributed by atoms with Crippen molar-refractivity contribution in [2.24, 2.45) is 10.8 Å². The van der Waals surface area contributed by atoms with Crippen molar-refractivity contribution in [1.29, 1.82) is 0 Å². The summed E-state index contributed by atoms with van der Waals surface area (Å²) in [5.74, 6) is 1.86. The van der Waals surface area contributed by atoms with Gasteiger partial charge < -0.3 is 24.0 Å². The molecule has 0 spiro atoms. The molecule has 0 N–H and O–H groups in total. The third-order valence-corrected chi connectivity index (χ3v) is 8.74. The van der Waals surface area contributed by atoms with Crippen LogP contribution in [0.3, 0.4) is 0 Å². The highest BCUT2D eigenvalue weighted by atomic mass is 16.5. The molecule has 0 saturated carbocycles. The predicted molar refractivity (Wildman–Crippen MR) is 193 cm³/mol. The van der Waals surface area contributed by atoms with E-state index in [2.05, 4.69) is 156 Å². The fraction of sp³-hybridized carbons (Fsp3) is 0.700. The summed E-state index contributed by atoms with van der Waals surface area (Å²) in [7, 11) is 8.47. The van der Waals surface area contributed by atoms with Gasteiger partial charge in [-0.1, -0.05) is 93.5 Å². The first-order valence-corrected chi connectivity index (χ1v) is 17.1. The molecule has 0 fully saturated rings. The summed E-state index contributed by atoms with van der Waals surface area (Å²) in [6.45, 7) is 25.8. The quantitative estimate of drug-likeness (QED) is 0.165. The van der Waals surface area contributed by atoms with Crippen LogP contribution < -0.4 is 9.47 Å². The molecule has 0 radical (unpaired) electrons. The minimum atomic E-state index is 0.134. The van der Waals surface area contributed by atoms with E-state index in [4.69, 9.17) is 14.2 Å². The minimum Gasteiger partial charge on any atom is -0.494 e. The summed E-state index contributed by atoms with van der Waals surface area (Å²) in [5, 5.41) is 0. The SMILES string of the molecule is CN(C)C(CCOc1ccc(C(C)(C)CC(C)(C)C)cc1)COCC(CCOc1ccc(C(C)(C)CC(C)(C)C)cc1)N(C)C. The first-order chi connectivity index (χ1) is 20.7. The Kier molecular flexibility index (Phi) is 14.5. The van der Waals surface area contributed by atoms with E-state index in [1.807, 2.05) is 0 Å². The summed E-state index contributed by atoms with van der Waals surface area (Å²) < 4.78 is 18.6. The van der Waals surface area contributed by atoms with Crippen molar-refractivity contribution >= 4 is 0 Å². The molecule has 0 aliphatic heterocycles. The lowest BCUT2D eigenvalue weighted by Gasteiger charge is -2.33. The smallest absolute Gasteiger partial charge is 0.119 e. The van der Waals surface area contributed by atoms with Crippen LogP contribution in [0.2, 0.25) is 0 Å². The Bertz CT molecular complexity index is 1020. The van der Waals surface area contributed by atoms with Crippen molar-refractivity contribution < 1.29 is 14.2 Å². The maximum Gasteiger partial charge on any atom is 0.119 e. The second-order valence-corrected chi connectivity index (χ2v) is 17.3. The Hall–Kier alpha value is -2.08. The van der Waals surface area contributed by atoms with Gasteiger partial charge in [-0.15, -0.1) is 0 Å². The van der Waals surface area contributed by atoms with E-state index in [1.54, 1.807) is 0 Å². The molecule has 2 aromatic rings. The van der Waals surface area contributed by atoms with Gasteiger partial charge in [-0.25, -0.2) is 0 Å². The van der Waals surface area contributed by atoms with Crippen molar-refractivity contribution in [3.8, 4) is 11.5 Å². The molecule has 0 aliphatic carbocycles. The van der Waals surface area contributed by atoms with Crippen molar-refractivity contribution in [2.75, 3.05) is 54.6 Å². The van der Waals surface area contributed by atoms with Gasteiger partial charge in [0.2, 0.25) is 0 Å². The average molecular weight is 625 g/mol. The molecule has 2 unspecified atom stereocenters. The van der Waals surface area contributed by atoms with E-state index in [-0.39, 0.29) is 22.9 Å². The normalized spacial score (nSPS) is 14.6. The molecule has 0 saturated heterocycles. The van der Waals surface area contributed by atoms with Gasteiger partial charge in [-0.2, -0.15) is 0 Å². The number of hydrogen-bond acceptors (Lipinski definition) is 5. The van der Waals surface area contributed by atoms with Crippen LogP contribution in [0.25, 0.3) is 0 Å². The topological polar surface area (TPSA) is 34.2 Å². The van der Waals surface area contributed by atoms with Crippen LogP contribution in [-0.2, 0) is 15.6 Å². The second-order valence-electron chi connectivity index (χ2n) is 17.3. The molecule has 0 amide bonds. The number of ether oxygens (including phenoxy) is 3. The number of benzene rings is 2. The van der Waals surface area contributed by atoms with Crippen molar-refractivity contribution in [3.05, 3.63) is 59.7 Å². The van der Waals surface area contributed by atoms with Gasteiger partial charge in [0, 0.05) is 12.1 Å². The van der Waals surface area contributed by atoms with Gasteiger partial charge in [0.25, 0.3) is 0 Å². The maximum atomic E-state index is 6.28. The van der Waals surface area contributed by atoms with E-state index in [1.165, 1.54) is 11.1 Å². The van der Waals surface area contributed by atoms with Gasteiger partial charge in [-0.3, -0.25) is 0 Å². The molecular weight excluding hydrogens is 556 g/mol. The molecule has 0 aliphatic rings. The van der Waals surface area contributed by atoms with Gasteiger partial charge >= 0.3 is 0 Å². The first-order valence-electron chi connectivity index (χ1n) is 17.1. The number of rotatable bonds is 18. The molecule has 5 heteroatoms. The van der Waals surface area contributed by atoms with Crippen molar-refractivity contribution in [2.45, 2.75) is 118 Å². The van der Waals surface area contributed by atoms with Gasteiger partial charge in [-0.05, 0) is 111 Å². The predicted octanol–water partition coefficient (Wildman–Crippen LogP) is 9.23. The Labute approximate surface area is 278 Å². The fourth-order valence-corrected chi connectivity index (χ4v) is 6.81. The highest BCUT2D eigenvalue weighted by molar-refractivity contribution is 5.32. The zero-order chi connectivity index (χ0) is 34.1. The monoisotopic (exact) mass is 625 g/mol. The molecule has 45 heavy (non-hydrogen) atoms. The van der Waals surface area contributed by atoms with Crippen LogP contribution >= 0.6 is 0 Å². The molecular formula is C40H68N2O3. The van der Waals surface area contributed by atoms with Crippen molar-refractivity contribution in [3.63, 3.8) is 0 Å². The molecule has 2 atom stereocenters. The molecule has 0 bridgehead atoms. The summed E-state index contributed by atoms with van der Waals surface area (Å²) in [5.41, 5.74) is 3.57. The Balaban J connectivity index is 1.80. The van der Waals surface area contributed by atoms with Gasteiger partial charge in [0.15, 0.2) is 0 Å². The highest BCUT2D eigenvalue weighted by Crippen LogP contribution is 2.37. The second kappa shape index (κ2) is 16.7. The Morgan fingerprint density at radius 1 is 0.511 bits per heavy atom. The lowest BCUT2D eigenvalue weighted by molar-refractivity contribution is 0.0331. The summed E-state index contributed by atoms with van der Waals surface area (Å²) in [4.78, 5) is 4.48. The van der Waals surface area contributed by atoms with E-state index in [0.717, 1.165) is 37.2 Å². The number of hydrogen-bond donors (Lipinski definition) is 0. The lowest BCUT2D eigenvalue weighted by Crippen LogP contribution is -2.38. The zero-order valence-electron chi connectivity index (χ0n) is 31.5. The highest BCUT2D eigenvalue weighted by Gasteiger charge is 2.28. The Morgan fingerprint density at radius 2 is 0.822 bits per heavy atom. The van der Waals surface area contributed by atoms with E-state index in [0.29, 0.717) is 37.3 Å². The minimum absolute atomic E-state index is 0.134. The maximum absolute atomic E-state index is 6.28. The van der Waals surface area contributed by atoms with Crippen LogP contribution in [0.4, 0.5) is 0 Å². The van der Waals surface area contributed by atoms with E-state index >= 15 is 0 Å². The molecule has 5 nitrogen and oxygen atoms in total. The van der Waals surface area contributed by atoms with Crippen LogP contribution in [0, 0.1) is 10.8 Å². The van der Waals surface area contributed by atoms with E-state index in [9.17, 15) is 0 Å². The molecule has 256 valence electrons. The molecule has 2 rings (SSSR count). The summed E-state index contributed by atoms with van der Waals surface area (Å²) in [6, 6.07) is 17.9. The number of nitrogens with zero attached hydrogens (tertiary/aromatic N) is 2. The molecule has 0 aromatic heterocycles. The van der Waals surface area contributed by atoms with Crippen LogP contribution in [-0.4, -0.2) is 76.5 Å². The Morgan fingerprint density at radius 3 is 1.09 bits per heavy atom. The third-order valence-electron chi connectivity index (χ3n) is 8.74. The third kappa shape index (κ3) is 14.5. The largest absolute Gasteiger partial charge is 0.494 e. The summed E-state index contributed by atoms with van der Waals surface area (Å²) in [6.07, 6.45) is 4.08.